The number of hydrogen-bond acceptors (Lipinski definition) is 4. The van der Waals surface area contributed by atoms with Crippen molar-refractivity contribution < 1.29 is 9.18 Å². The Hall–Kier alpha value is -2.34. The standard InChI is InChI=1S/C18H21FN4O/c1-12-10-15(14-4-6-16(19)7-5-14)11-23(12)13(2)17(24)22-18-20-8-3-9-21-18/h3-9,12-13,15H,10-11H2,1-2H3,(H,20,21,22,24)/t12-,13-,15-/m1/s1. The van der Waals surface area contributed by atoms with Crippen molar-refractivity contribution in [2.75, 3.05) is 11.9 Å². The minimum atomic E-state index is -0.283. The molecule has 0 unspecified atom stereocenters. The van der Waals surface area contributed by atoms with Gasteiger partial charge in [0.25, 0.3) is 0 Å². The van der Waals surface area contributed by atoms with E-state index in [2.05, 4.69) is 27.1 Å². The average Bonchev–Trinajstić information content (AvgIpc) is 2.97. The topological polar surface area (TPSA) is 58.1 Å². The summed E-state index contributed by atoms with van der Waals surface area (Å²) in [4.78, 5) is 22.7. The van der Waals surface area contributed by atoms with Crippen LogP contribution in [0.2, 0.25) is 0 Å². The second-order valence-corrected chi connectivity index (χ2v) is 6.27. The number of amides is 1. The zero-order valence-corrected chi connectivity index (χ0v) is 13.8. The van der Waals surface area contributed by atoms with Gasteiger partial charge in [0.2, 0.25) is 11.9 Å². The van der Waals surface area contributed by atoms with Gasteiger partial charge in [-0.3, -0.25) is 15.0 Å². The molecule has 3 rings (SSSR count). The number of likely N-dealkylation sites (tertiary alicyclic amines) is 1. The van der Waals surface area contributed by atoms with Crippen LogP contribution in [-0.2, 0) is 4.79 Å². The van der Waals surface area contributed by atoms with Crippen LogP contribution in [0.5, 0.6) is 0 Å². The molecule has 6 heteroatoms. The van der Waals surface area contributed by atoms with Gasteiger partial charge in [-0.05, 0) is 49.9 Å². The van der Waals surface area contributed by atoms with Gasteiger partial charge in [-0.1, -0.05) is 12.1 Å². The monoisotopic (exact) mass is 328 g/mol. The third kappa shape index (κ3) is 3.59. The molecule has 0 radical (unpaired) electrons. The first-order chi connectivity index (χ1) is 11.5. The molecular weight excluding hydrogens is 307 g/mol. The summed E-state index contributed by atoms with van der Waals surface area (Å²) in [6, 6.07) is 8.34. The number of carbonyl (C=O) groups is 1. The quantitative estimate of drug-likeness (QED) is 0.938. The van der Waals surface area contributed by atoms with Gasteiger partial charge in [0.05, 0.1) is 6.04 Å². The molecule has 0 spiro atoms. The molecule has 2 heterocycles. The Labute approximate surface area is 140 Å². The first-order valence-corrected chi connectivity index (χ1v) is 8.13. The SMILES string of the molecule is C[C@@H]1C[C@@H](c2ccc(F)cc2)CN1[C@H](C)C(=O)Nc1ncccn1. The maximum Gasteiger partial charge on any atom is 0.243 e. The molecule has 2 aromatic rings. The molecule has 1 aliphatic rings. The Morgan fingerprint density at radius 3 is 2.62 bits per heavy atom. The van der Waals surface area contributed by atoms with Crippen LogP contribution >= 0.6 is 0 Å². The van der Waals surface area contributed by atoms with Crippen LogP contribution in [0.3, 0.4) is 0 Å². The molecule has 1 aliphatic heterocycles. The number of aromatic nitrogens is 2. The predicted molar refractivity (Wildman–Crippen MR) is 90.0 cm³/mol. The number of halogens is 1. The molecule has 1 saturated heterocycles. The molecule has 0 bridgehead atoms. The van der Waals surface area contributed by atoms with Gasteiger partial charge in [-0.2, -0.15) is 0 Å². The van der Waals surface area contributed by atoms with Crippen molar-refractivity contribution in [2.45, 2.75) is 38.3 Å². The number of rotatable bonds is 4. The summed E-state index contributed by atoms with van der Waals surface area (Å²) < 4.78 is 13.1. The fraction of sp³-hybridized carbons (Fsp3) is 0.389. The van der Waals surface area contributed by atoms with Crippen LogP contribution in [-0.4, -0.2) is 39.4 Å². The Morgan fingerprint density at radius 2 is 1.96 bits per heavy atom. The second-order valence-electron chi connectivity index (χ2n) is 6.27. The van der Waals surface area contributed by atoms with E-state index in [0.29, 0.717) is 11.9 Å². The van der Waals surface area contributed by atoms with Gasteiger partial charge in [0.1, 0.15) is 5.82 Å². The van der Waals surface area contributed by atoms with Gasteiger partial charge in [-0.15, -0.1) is 0 Å². The Bertz CT molecular complexity index is 692. The molecule has 0 aliphatic carbocycles. The highest BCUT2D eigenvalue weighted by molar-refractivity contribution is 5.93. The maximum absolute atomic E-state index is 13.1. The minimum absolute atomic E-state index is 0.118. The Kier molecular flexibility index (Phi) is 4.85. The normalized spacial score (nSPS) is 22.3. The molecule has 0 saturated carbocycles. The van der Waals surface area contributed by atoms with Gasteiger partial charge in [0.15, 0.2) is 0 Å². The van der Waals surface area contributed by atoms with Crippen LogP contribution in [0.15, 0.2) is 42.7 Å². The van der Waals surface area contributed by atoms with Crippen molar-refractivity contribution in [3.63, 3.8) is 0 Å². The fourth-order valence-electron chi connectivity index (χ4n) is 3.30. The zero-order chi connectivity index (χ0) is 17.1. The van der Waals surface area contributed by atoms with E-state index in [9.17, 15) is 9.18 Å². The lowest BCUT2D eigenvalue weighted by molar-refractivity contribution is -0.121. The van der Waals surface area contributed by atoms with E-state index < -0.39 is 0 Å². The Balaban J connectivity index is 1.65. The first-order valence-electron chi connectivity index (χ1n) is 8.13. The van der Waals surface area contributed by atoms with Gasteiger partial charge in [-0.25, -0.2) is 14.4 Å². The van der Waals surface area contributed by atoms with E-state index in [4.69, 9.17) is 0 Å². The highest BCUT2D eigenvalue weighted by Gasteiger charge is 2.35. The van der Waals surface area contributed by atoms with Crippen molar-refractivity contribution in [3.05, 3.63) is 54.1 Å². The minimum Gasteiger partial charge on any atom is -0.293 e. The summed E-state index contributed by atoms with van der Waals surface area (Å²) in [6.07, 6.45) is 4.14. The summed E-state index contributed by atoms with van der Waals surface area (Å²) in [5.41, 5.74) is 1.12. The highest BCUT2D eigenvalue weighted by atomic mass is 19.1. The first kappa shape index (κ1) is 16.5. The van der Waals surface area contributed by atoms with Gasteiger partial charge in [0, 0.05) is 25.0 Å². The van der Waals surface area contributed by atoms with Gasteiger partial charge < -0.3 is 0 Å². The van der Waals surface area contributed by atoms with Crippen LogP contribution in [0.4, 0.5) is 10.3 Å². The summed E-state index contributed by atoms with van der Waals surface area (Å²) in [5.74, 6) is 0.283. The lowest BCUT2D eigenvalue weighted by Crippen LogP contribution is -2.44. The molecule has 1 N–H and O–H groups in total. The zero-order valence-electron chi connectivity index (χ0n) is 13.8. The van der Waals surface area contributed by atoms with Crippen molar-refractivity contribution >= 4 is 11.9 Å². The number of anilines is 1. The molecule has 24 heavy (non-hydrogen) atoms. The van der Waals surface area contributed by atoms with Crippen molar-refractivity contribution in [1.29, 1.82) is 0 Å². The van der Waals surface area contributed by atoms with Gasteiger partial charge >= 0.3 is 0 Å². The molecule has 1 aromatic carbocycles. The molecule has 3 atom stereocenters. The van der Waals surface area contributed by atoms with Crippen LogP contribution in [0.25, 0.3) is 0 Å². The van der Waals surface area contributed by atoms with Crippen molar-refractivity contribution in [2.24, 2.45) is 0 Å². The number of nitrogens with one attached hydrogen (secondary N) is 1. The van der Waals surface area contributed by atoms with Crippen molar-refractivity contribution in [3.8, 4) is 0 Å². The number of carbonyl (C=O) groups excluding carboxylic acids is 1. The van der Waals surface area contributed by atoms with Crippen molar-refractivity contribution in [1.82, 2.24) is 14.9 Å². The fourth-order valence-corrected chi connectivity index (χ4v) is 3.30. The summed E-state index contributed by atoms with van der Waals surface area (Å²) in [5, 5.41) is 2.75. The van der Waals surface area contributed by atoms with Crippen LogP contribution in [0.1, 0.15) is 31.7 Å². The smallest absolute Gasteiger partial charge is 0.243 e. The highest BCUT2D eigenvalue weighted by Crippen LogP contribution is 2.33. The summed E-state index contributed by atoms with van der Waals surface area (Å²) >= 11 is 0. The van der Waals surface area contributed by atoms with E-state index in [1.165, 1.54) is 12.1 Å². The summed E-state index contributed by atoms with van der Waals surface area (Å²) in [7, 11) is 0. The lowest BCUT2D eigenvalue weighted by atomic mass is 9.97. The molecular formula is C18H21FN4O. The molecule has 126 valence electrons. The number of benzene rings is 1. The molecule has 5 nitrogen and oxygen atoms in total. The van der Waals surface area contributed by atoms with E-state index in [0.717, 1.165) is 18.5 Å². The predicted octanol–water partition coefficient (Wildman–Crippen LogP) is 2.82. The second kappa shape index (κ2) is 7.05. The van der Waals surface area contributed by atoms with E-state index >= 15 is 0 Å². The van der Waals surface area contributed by atoms with E-state index in [-0.39, 0.29) is 23.8 Å². The third-order valence-corrected chi connectivity index (χ3v) is 4.64. The lowest BCUT2D eigenvalue weighted by Gasteiger charge is -2.27. The van der Waals surface area contributed by atoms with Crippen LogP contribution < -0.4 is 5.32 Å². The van der Waals surface area contributed by atoms with E-state index in [1.54, 1.807) is 18.5 Å². The number of hydrogen-bond donors (Lipinski definition) is 1. The molecule has 1 amide bonds. The maximum atomic E-state index is 13.1. The average molecular weight is 328 g/mol. The van der Waals surface area contributed by atoms with E-state index in [1.807, 2.05) is 19.1 Å². The molecule has 1 aromatic heterocycles. The largest absolute Gasteiger partial charge is 0.293 e. The summed E-state index contributed by atoms with van der Waals surface area (Å²) in [6.45, 7) is 4.78. The Morgan fingerprint density at radius 1 is 1.29 bits per heavy atom. The number of nitrogens with zero attached hydrogens (tertiary/aromatic N) is 3. The third-order valence-electron chi connectivity index (χ3n) is 4.64. The molecule has 1 fully saturated rings. The van der Waals surface area contributed by atoms with Crippen LogP contribution in [0, 0.1) is 5.82 Å².